The highest BCUT2D eigenvalue weighted by molar-refractivity contribution is 5.78. The zero-order valence-electron chi connectivity index (χ0n) is 13.6. The second-order valence-corrected chi connectivity index (χ2v) is 5.53. The van der Waals surface area contributed by atoms with Crippen LogP contribution in [-0.4, -0.2) is 12.5 Å². The molecule has 4 heteroatoms. The Kier molecular flexibility index (Phi) is 5.37. The fraction of sp³-hybridized carbons (Fsp3) is 0.263. The molecule has 23 heavy (non-hydrogen) atoms. The molecule has 0 saturated carbocycles. The minimum absolute atomic E-state index is 0.0215. The van der Waals surface area contributed by atoms with E-state index >= 15 is 0 Å². The Morgan fingerprint density at radius 1 is 1.17 bits per heavy atom. The van der Waals surface area contributed by atoms with Crippen LogP contribution < -0.4 is 10.1 Å². The van der Waals surface area contributed by atoms with Gasteiger partial charge in [-0.25, -0.2) is 0 Å². The average Bonchev–Trinajstić information content (AvgIpc) is 2.54. The van der Waals surface area contributed by atoms with E-state index in [0.717, 1.165) is 22.4 Å². The van der Waals surface area contributed by atoms with Crippen molar-refractivity contribution >= 4 is 5.91 Å². The molecule has 0 aliphatic rings. The molecule has 2 aromatic carbocycles. The normalized spacial score (nSPS) is 11.4. The fourth-order valence-corrected chi connectivity index (χ4v) is 2.38. The molecule has 0 saturated heterocycles. The van der Waals surface area contributed by atoms with Gasteiger partial charge in [0, 0.05) is 0 Å². The molecule has 0 heterocycles. The number of para-hydroxylation sites is 1. The standard InChI is InChI=1S/C19H20N2O2/c1-13-5-4-6-14(2)19(13)23-12-18(22)21-15(3)17-9-7-16(11-20)8-10-17/h4-10,15H,12H2,1-3H3,(H,21,22). The number of aryl methyl sites for hydroxylation is 2. The van der Waals surface area contributed by atoms with E-state index in [4.69, 9.17) is 10.00 Å². The summed E-state index contributed by atoms with van der Waals surface area (Å²) in [5.41, 5.74) is 3.57. The summed E-state index contributed by atoms with van der Waals surface area (Å²) in [6.45, 7) is 5.80. The number of carbonyl (C=O) groups is 1. The van der Waals surface area contributed by atoms with Gasteiger partial charge in [0.2, 0.25) is 0 Å². The van der Waals surface area contributed by atoms with E-state index < -0.39 is 0 Å². The second kappa shape index (κ2) is 7.46. The third-order valence-electron chi connectivity index (χ3n) is 3.67. The summed E-state index contributed by atoms with van der Waals surface area (Å²) < 4.78 is 5.65. The lowest BCUT2D eigenvalue weighted by Gasteiger charge is -2.16. The fourth-order valence-electron chi connectivity index (χ4n) is 2.38. The maximum Gasteiger partial charge on any atom is 0.258 e. The van der Waals surface area contributed by atoms with Crippen LogP contribution in [0.3, 0.4) is 0 Å². The minimum atomic E-state index is -0.176. The lowest BCUT2D eigenvalue weighted by molar-refractivity contribution is -0.123. The highest BCUT2D eigenvalue weighted by Gasteiger charge is 2.11. The Hall–Kier alpha value is -2.80. The third kappa shape index (κ3) is 4.33. The number of nitriles is 1. The zero-order chi connectivity index (χ0) is 16.8. The lowest BCUT2D eigenvalue weighted by Crippen LogP contribution is -2.31. The topological polar surface area (TPSA) is 62.1 Å². The maximum absolute atomic E-state index is 12.1. The number of hydrogen-bond acceptors (Lipinski definition) is 3. The Morgan fingerprint density at radius 2 is 1.78 bits per heavy atom. The molecule has 1 N–H and O–H groups in total. The summed E-state index contributed by atoms with van der Waals surface area (Å²) in [6.07, 6.45) is 0. The van der Waals surface area contributed by atoms with E-state index in [1.54, 1.807) is 12.1 Å². The van der Waals surface area contributed by atoms with Crippen molar-refractivity contribution in [2.75, 3.05) is 6.61 Å². The largest absolute Gasteiger partial charge is 0.483 e. The molecule has 0 fully saturated rings. The summed E-state index contributed by atoms with van der Waals surface area (Å²) in [5, 5.41) is 11.7. The first kappa shape index (κ1) is 16.6. The quantitative estimate of drug-likeness (QED) is 0.920. The molecular formula is C19H20N2O2. The molecule has 1 unspecified atom stereocenters. The van der Waals surface area contributed by atoms with Crippen molar-refractivity contribution in [3.05, 3.63) is 64.7 Å². The Labute approximate surface area is 136 Å². The Bertz CT molecular complexity index is 710. The number of hydrogen-bond donors (Lipinski definition) is 1. The monoisotopic (exact) mass is 308 g/mol. The van der Waals surface area contributed by atoms with Gasteiger partial charge in [0.05, 0.1) is 17.7 Å². The molecule has 2 rings (SSSR count). The molecule has 0 bridgehead atoms. The van der Waals surface area contributed by atoms with E-state index in [2.05, 4.69) is 11.4 Å². The van der Waals surface area contributed by atoms with Gasteiger partial charge in [-0.15, -0.1) is 0 Å². The van der Waals surface area contributed by atoms with Gasteiger partial charge in [0.15, 0.2) is 6.61 Å². The third-order valence-corrected chi connectivity index (χ3v) is 3.67. The van der Waals surface area contributed by atoms with E-state index in [1.807, 2.05) is 51.1 Å². The number of benzene rings is 2. The van der Waals surface area contributed by atoms with Crippen molar-refractivity contribution < 1.29 is 9.53 Å². The predicted octanol–water partition coefficient (Wildman–Crippen LogP) is 3.43. The molecule has 0 aromatic heterocycles. The zero-order valence-corrected chi connectivity index (χ0v) is 13.6. The minimum Gasteiger partial charge on any atom is -0.483 e. The molecule has 0 spiro atoms. The highest BCUT2D eigenvalue weighted by Crippen LogP contribution is 2.22. The van der Waals surface area contributed by atoms with Gasteiger partial charge in [-0.2, -0.15) is 5.26 Å². The van der Waals surface area contributed by atoms with Crippen LogP contribution in [0.25, 0.3) is 0 Å². The molecule has 1 amide bonds. The molecule has 1 atom stereocenters. The van der Waals surface area contributed by atoms with Crippen LogP contribution >= 0.6 is 0 Å². The number of amides is 1. The van der Waals surface area contributed by atoms with Crippen LogP contribution in [0.4, 0.5) is 0 Å². The molecule has 0 aliphatic heterocycles. The molecule has 0 aliphatic carbocycles. The number of nitrogens with one attached hydrogen (secondary N) is 1. The average molecular weight is 308 g/mol. The number of rotatable bonds is 5. The van der Waals surface area contributed by atoms with Crippen LogP contribution in [0.1, 0.15) is 35.2 Å². The van der Waals surface area contributed by atoms with Gasteiger partial charge >= 0.3 is 0 Å². The van der Waals surface area contributed by atoms with Crippen molar-refractivity contribution in [1.82, 2.24) is 5.32 Å². The molecular weight excluding hydrogens is 288 g/mol. The molecule has 4 nitrogen and oxygen atoms in total. The van der Waals surface area contributed by atoms with Gasteiger partial charge in [-0.05, 0) is 49.6 Å². The molecule has 2 aromatic rings. The van der Waals surface area contributed by atoms with Crippen LogP contribution in [-0.2, 0) is 4.79 Å². The molecule has 118 valence electrons. The van der Waals surface area contributed by atoms with E-state index in [1.165, 1.54) is 0 Å². The first-order chi connectivity index (χ1) is 11.0. The summed E-state index contributed by atoms with van der Waals surface area (Å²) >= 11 is 0. The van der Waals surface area contributed by atoms with E-state index in [9.17, 15) is 4.79 Å². The maximum atomic E-state index is 12.1. The summed E-state index contributed by atoms with van der Waals surface area (Å²) in [4.78, 5) is 12.1. The van der Waals surface area contributed by atoms with Gasteiger partial charge in [-0.1, -0.05) is 30.3 Å². The smallest absolute Gasteiger partial charge is 0.258 e. The first-order valence-electron chi connectivity index (χ1n) is 7.49. The predicted molar refractivity (Wildman–Crippen MR) is 89.1 cm³/mol. The van der Waals surface area contributed by atoms with Crippen LogP contribution in [0.2, 0.25) is 0 Å². The number of carbonyl (C=O) groups excluding carboxylic acids is 1. The highest BCUT2D eigenvalue weighted by atomic mass is 16.5. The van der Waals surface area contributed by atoms with Crippen LogP contribution in [0, 0.1) is 25.2 Å². The summed E-state index contributed by atoms with van der Waals surface area (Å²) in [7, 11) is 0. The van der Waals surface area contributed by atoms with Gasteiger partial charge in [0.1, 0.15) is 5.75 Å². The Balaban J connectivity index is 1.92. The summed E-state index contributed by atoms with van der Waals surface area (Å²) in [5.74, 6) is 0.582. The second-order valence-electron chi connectivity index (χ2n) is 5.53. The number of nitrogens with zero attached hydrogens (tertiary/aromatic N) is 1. The van der Waals surface area contributed by atoms with Gasteiger partial charge < -0.3 is 10.1 Å². The van der Waals surface area contributed by atoms with Crippen molar-refractivity contribution in [2.24, 2.45) is 0 Å². The van der Waals surface area contributed by atoms with Crippen molar-refractivity contribution in [3.63, 3.8) is 0 Å². The van der Waals surface area contributed by atoms with Crippen molar-refractivity contribution in [3.8, 4) is 11.8 Å². The van der Waals surface area contributed by atoms with Crippen molar-refractivity contribution in [1.29, 1.82) is 5.26 Å². The lowest BCUT2D eigenvalue weighted by atomic mass is 10.1. The number of ether oxygens (including phenoxy) is 1. The van der Waals surface area contributed by atoms with Crippen LogP contribution in [0.15, 0.2) is 42.5 Å². The molecule has 0 radical (unpaired) electrons. The van der Waals surface area contributed by atoms with Crippen LogP contribution in [0.5, 0.6) is 5.75 Å². The van der Waals surface area contributed by atoms with Gasteiger partial charge in [-0.3, -0.25) is 4.79 Å². The first-order valence-corrected chi connectivity index (χ1v) is 7.49. The van der Waals surface area contributed by atoms with E-state index in [-0.39, 0.29) is 18.6 Å². The van der Waals surface area contributed by atoms with E-state index in [0.29, 0.717) is 5.56 Å². The van der Waals surface area contributed by atoms with Crippen molar-refractivity contribution in [2.45, 2.75) is 26.8 Å². The SMILES string of the molecule is Cc1cccc(C)c1OCC(=O)NC(C)c1ccc(C#N)cc1. The Morgan fingerprint density at radius 3 is 2.35 bits per heavy atom. The van der Waals surface area contributed by atoms with Gasteiger partial charge in [0.25, 0.3) is 5.91 Å². The summed E-state index contributed by atoms with van der Waals surface area (Å²) in [6, 6.07) is 15.0.